The molecule has 0 N–H and O–H groups in total. The Labute approximate surface area is 137 Å². The summed E-state index contributed by atoms with van der Waals surface area (Å²) in [6.07, 6.45) is 3.47. The lowest BCUT2D eigenvalue weighted by Crippen LogP contribution is -1.90. The van der Waals surface area contributed by atoms with E-state index >= 15 is 0 Å². The first-order valence-corrected chi connectivity index (χ1v) is 8.23. The summed E-state index contributed by atoms with van der Waals surface area (Å²) in [5, 5.41) is 0. The molecule has 0 atom stereocenters. The first-order valence-electron chi connectivity index (χ1n) is 8.23. The predicted molar refractivity (Wildman–Crippen MR) is 95.9 cm³/mol. The van der Waals surface area contributed by atoms with Crippen molar-refractivity contribution in [3.63, 3.8) is 0 Å². The normalized spacial score (nSPS) is 10.7. The van der Waals surface area contributed by atoms with Crippen molar-refractivity contribution in [2.24, 2.45) is 0 Å². The van der Waals surface area contributed by atoms with Crippen molar-refractivity contribution in [3.8, 4) is 22.3 Å². The molecule has 0 aliphatic rings. The van der Waals surface area contributed by atoms with Gasteiger partial charge in [-0.15, -0.1) is 0 Å². The van der Waals surface area contributed by atoms with Gasteiger partial charge in [-0.1, -0.05) is 80.1 Å². The third-order valence-corrected chi connectivity index (χ3v) is 4.15. The van der Waals surface area contributed by atoms with Crippen LogP contribution in [0.3, 0.4) is 0 Å². The molecule has 3 aromatic carbocycles. The minimum Gasteiger partial charge on any atom is -0.206 e. The van der Waals surface area contributed by atoms with Crippen LogP contribution in [-0.2, 0) is 6.42 Å². The molecule has 0 fully saturated rings. The van der Waals surface area contributed by atoms with Crippen molar-refractivity contribution in [1.82, 2.24) is 0 Å². The zero-order valence-corrected chi connectivity index (χ0v) is 13.4. The number of hydrogen-bond donors (Lipinski definition) is 0. The Morgan fingerprint density at radius 1 is 0.739 bits per heavy atom. The molecular formula is C22H21F. The molecule has 0 bridgehead atoms. The predicted octanol–water partition coefficient (Wildman–Crippen LogP) is 6.50. The standard InChI is InChI=1S/C22H21F/c1-2-3-9-17-10-8-11-18(16-17)19-12-4-5-13-20(19)21-14-6-7-15-22(21)23/h4-8,10-16H,2-3,9H2,1H3. The maximum Gasteiger partial charge on any atom is 0.131 e. The molecule has 0 nitrogen and oxygen atoms in total. The summed E-state index contributed by atoms with van der Waals surface area (Å²) in [5.41, 5.74) is 5.17. The van der Waals surface area contributed by atoms with Gasteiger partial charge in [-0.05, 0) is 41.2 Å². The smallest absolute Gasteiger partial charge is 0.131 e. The molecule has 23 heavy (non-hydrogen) atoms. The van der Waals surface area contributed by atoms with E-state index < -0.39 is 0 Å². The van der Waals surface area contributed by atoms with E-state index in [9.17, 15) is 4.39 Å². The molecule has 0 heterocycles. The van der Waals surface area contributed by atoms with Crippen molar-refractivity contribution in [1.29, 1.82) is 0 Å². The van der Waals surface area contributed by atoms with E-state index in [1.807, 2.05) is 30.3 Å². The summed E-state index contributed by atoms with van der Waals surface area (Å²) in [5.74, 6) is -0.179. The highest BCUT2D eigenvalue weighted by Crippen LogP contribution is 2.33. The minimum absolute atomic E-state index is 0.179. The van der Waals surface area contributed by atoms with E-state index in [0.29, 0.717) is 5.56 Å². The average molecular weight is 304 g/mol. The monoisotopic (exact) mass is 304 g/mol. The van der Waals surface area contributed by atoms with Gasteiger partial charge in [-0.25, -0.2) is 4.39 Å². The maximum absolute atomic E-state index is 14.2. The lowest BCUT2D eigenvalue weighted by molar-refractivity contribution is 0.631. The van der Waals surface area contributed by atoms with Crippen LogP contribution in [0.5, 0.6) is 0 Å². The SMILES string of the molecule is CCCCc1cccc(-c2ccccc2-c2ccccc2F)c1. The van der Waals surface area contributed by atoms with Gasteiger partial charge in [0.2, 0.25) is 0 Å². The van der Waals surface area contributed by atoms with Crippen LogP contribution in [0.2, 0.25) is 0 Å². The quantitative estimate of drug-likeness (QED) is 0.504. The number of hydrogen-bond acceptors (Lipinski definition) is 0. The van der Waals surface area contributed by atoms with Crippen LogP contribution >= 0.6 is 0 Å². The number of unbranched alkanes of at least 4 members (excludes halogenated alkanes) is 1. The van der Waals surface area contributed by atoms with Gasteiger partial charge in [0.25, 0.3) is 0 Å². The van der Waals surface area contributed by atoms with Crippen molar-refractivity contribution < 1.29 is 4.39 Å². The van der Waals surface area contributed by atoms with Crippen molar-refractivity contribution in [2.75, 3.05) is 0 Å². The first-order chi connectivity index (χ1) is 11.3. The lowest BCUT2D eigenvalue weighted by atomic mass is 9.93. The zero-order chi connectivity index (χ0) is 16.1. The van der Waals surface area contributed by atoms with Crippen LogP contribution in [0.25, 0.3) is 22.3 Å². The molecule has 0 saturated heterocycles. The largest absolute Gasteiger partial charge is 0.206 e. The van der Waals surface area contributed by atoms with E-state index in [0.717, 1.165) is 23.1 Å². The fourth-order valence-corrected chi connectivity index (χ4v) is 2.92. The van der Waals surface area contributed by atoms with Gasteiger partial charge < -0.3 is 0 Å². The van der Waals surface area contributed by atoms with Crippen LogP contribution in [-0.4, -0.2) is 0 Å². The summed E-state index contributed by atoms with van der Waals surface area (Å²) in [6.45, 7) is 2.21. The van der Waals surface area contributed by atoms with Gasteiger partial charge in [0.1, 0.15) is 5.82 Å². The second kappa shape index (κ2) is 7.23. The number of rotatable bonds is 5. The first kappa shape index (κ1) is 15.5. The summed E-state index contributed by atoms with van der Waals surface area (Å²) in [6, 6.07) is 23.6. The van der Waals surface area contributed by atoms with Crippen molar-refractivity contribution in [2.45, 2.75) is 26.2 Å². The Hall–Kier alpha value is -2.41. The molecule has 0 unspecified atom stereocenters. The van der Waals surface area contributed by atoms with Crippen LogP contribution in [0.15, 0.2) is 72.8 Å². The molecule has 3 aromatic rings. The highest BCUT2D eigenvalue weighted by atomic mass is 19.1. The van der Waals surface area contributed by atoms with Gasteiger partial charge in [-0.2, -0.15) is 0 Å². The molecule has 3 rings (SSSR count). The molecule has 0 spiro atoms. The molecule has 0 aliphatic carbocycles. The third-order valence-electron chi connectivity index (χ3n) is 4.15. The summed E-state index contributed by atoms with van der Waals surface area (Å²) in [7, 11) is 0. The Morgan fingerprint density at radius 3 is 2.17 bits per heavy atom. The Balaban J connectivity index is 2.06. The average Bonchev–Trinajstić information content (AvgIpc) is 2.61. The van der Waals surface area contributed by atoms with Gasteiger partial charge in [0, 0.05) is 5.56 Å². The van der Waals surface area contributed by atoms with E-state index in [1.165, 1.54) is 24.5 Å². The van der Waals surface area contributed by atoms with E-state index in [1.54, 1.807) is 6.07 Å². The molecular weight excluding hydrogens is 283 g/mol. The second-order valence-electron chi connectivity index (χ2n) is 5.83. The molecule has 1 heteroatoms. The summed E-state index contributed by atoms with van der Waals surface area (Å²) >= 11 is 0. The lowest BCUT2D eigenvalue weighted by Gasteiger charge is -2.12. The molecule has 0 radical (unpaired) electrons. The number of halogens is 1. The fourth-order valence-electron chi connectivity index (χ4n) is 2.92. The minimum atomic E-state index is -0.179. The van der Waals surface area contributed by atoms with Crippen LogP contribution in [0, 0.1) is 5.82 Å². The van der Waals surface area contributed by atoms with Gasteiger partial charge >= 0.3 is 0 Å². The molecule has 0 aromatic heterocycles. The number of benzene rings is 3. The molecule has 116 valence electrons. The van der Waals surface area contributed by atoms with Crippen LogP contribution in [0.1, 0.15) is 25.3 Å². The van der Waals surface area contributed by atoms with Gasteiger partial charge in [-0.3, -0.25) is 0 Å². The highest BCUT2D eigenvalue weighted by Gasteiger charge is 2.10. The Morgan fingerprint density at radius 2 is 1.43 bits per heavy atom. The van der Waals surface area contributed by atoms with E-state index in [4.69, 9.17) is 0 Å². The third kappa shape index (κ3) is 3.50. The Bertz CT molecular complexity index is 789. The van der Waals surface area contributed by atoms with Gasteiger partial charge in [0.05, 0.1) is 0 Å². The second-order valence-corrected chi connectivity index (χ2v) is 5.83. The molecule has 0 aliphatic heterocycles. The zero-order valence-electron chi connectivity index (χ0n) is 13.4. The van der Waals surface area contributed by atoms with Gasteiger partial charge in [0.15, 0.2) is 0 Å². The maximum atomic E-state index is 14.2. The van der Waals surface area contributed by atoms with Crippen LogP contribution < -0.4 is 0 Å². The highest BCUT2D eigenvalue weighted by molar-refractivity contribution is 5.83. The fraction of sp³-hybridized carbons (Fsp3) is 0.182. The molecule has 0 amide bonds. The van der Waals surface area contributed by atoms with Crippen LogP contribution in [0.4, 0.5) is 4.39 Å². The van der Waals surface area contributed by atoms with Crippen molar-refractivity contribution >= 4 is 0 Å². The topological polar surface area (TPSA) is 0 Å². The Kier molecular flexibility index (Phi) is 4.87. The van der Waals surface area contributed by atoms with E-state index in [2.05, 4.69) is 37.3 Å². The summed E-state index contributed by atoms with van der Waals surface area (Å²) < 4.78 is 14.2. The summed E-state index contributed by atoms with van der Waals surface area (Å²) in [4.78, 5) is 0. The molecule has 0 saturated carbocycles. The van der Waals surface area contributed by atoms with E-state index in [-0.39, 0.29) is 5.82 Å². The van der Waals surface area contributed by atoms with Crippen molar-refractivity contribution in [3.05, 3.63) is 84.2 Å². The number of aryl methyl sites for hydroxylation is 1.